The number of fused-ring (bicyclic) bond motifs is 4. The molecule has 1 saturated carbocycles. The van der Waals surface area contributed by atoms with Crippen LogP contribution in [0.5, 0.6) is 0 Å². The van der Waals surface area contributed by atoms with Crippen LogP contribution in [0, 0.1) is 17.3 Å². The van der Waals surface area contributed by atoms with Crippen LogP contribution in [0.1, 0.15) is 68.2 Å². The lowest BCUT2D eigenvalue weighted by Crippen LogP contribution is -2.46. The first-order valence-electron chi connectivity index (χ1n) is 11.9. The molecule has 5 rings (SSSR count). The number of aliphatic carboxylic acids is 1. The van der Waals surface area contributed by atoms with Crippen molar-refractivity contribution >= 4 is 16.9 Å². The molecular weight excluding hydrogens is 417 g/mol. The van der Waals surface area contributed by atoms with Gasteiger partial charge in [0.15, 0.2) is 0 Å². The summed E-state index contributed by atoms with van der Waals surface area (Å²) in [6, 6.07) is 4.02. The van der Waals surface area contributed by atoms with Crippen molar-refractivity contribution < 1.29 is 23.1 Å². The van der Waals surface area contributed by atoms with Gasteiger partial charge in [0.1, 0.15) is 0 Å². The van der Waals surface area contributed by atoms with Crippen molar-refractivity contribution in [2.24, 2.45) is 17.3 Å². The van der Waals surface area contributed by atoms with Gasteiger partial charge in [-0.3, -0.25) is 4.79 Å². The minimum absolute atomic E-state index is 0.170. The zero-order valence-corrected chi connectivity index (χ0v) is 18.5. The summed E-state index contributed by atoms with van der Waals surface area (Å²) in [6.45, 7) is 4.81. The van der Waals surface area contributed by atoms with Crippen LogP contribution < -0.4 is 0 Å². The van der Waals surface area contributed by atoms with E-state index in [4.69, 9.17) is 0 Å². The van der Waals surface area contributed by atoms with Gasteiger partial charge >= 0.3 is 12.1 Å². The number of hydrogen-bond acceptors (Lipinski definition) is 2. The molecular formula is C25H31F3N2O2. The van der Waals surface area contributed by atoms with Crippen LogP contribution in [0.4, 0.5) is 13.2 Å². The number of likely N-dealkylation sites (tertiary alicyclic amines) is 1. The second-order valence-corrected chi connectivity index (χ2v) is 10.3. The smallest absolute Gasteiger partial charge is 0.416 e. The predicted octanol–water partition coefficient (Wildman–Crippen LogP) is 5.82. The first-order valence-corrected chi connectivity index (χ1v) is 11.9. The Morgan fingerprint density at radius 1 is 1.28 bits per heavy atom. The van der Waals surface area contributed by atoms with Crippen molar-refractivity contribution in [1.29, 1.82) is 0 Å². The molecule has 2 aliphatic carbocycles. The highest BCUT2D eigenvalue weighted by Gasteiger charge is 2.43. The van der Waals surface area contributed by atoms with Gasteiger partial charge in [0.2, 0.25) is 0 Å². The zero-order valence-electron chi connectivity index (χ0n) is 18.5. The molecule has 174 valence electrons. The number of aromatic nitrogens is 1. The second-order valence-electron chi connectivity index (χ2n) is 10.3. The fourth-order valence-electron chi connectivity index (χ4n) is 6.72. The summed E-state index contributed by atoms with van der Waals surface area (Å²) in [5.41, 5.74) is 1.77. The van der Waals surface area contributed by atoms with Crippen molar-refractivity contribution in [3.05, 3.63) is 35.0 Å². The van der Waals surface area contributed by atoms with Crippen molar-refractivity contribution in [3.63, 3.8) is 0 Å². The first-order chi connectivity index (χ1) is 15.2. The number of alkyl halides is 3. The fourth-order valence-corrected chi connectivity index (χ4v) is 6.72. The SMILES string of the molecule is C[C@H]1c2c([nH]c3ccc(C(F)(F)F)cc23)CC2CCN(CCC3(C(=O)O)CCCC3)CC21. The molecule has 2 aromatic rings. The van der Waals surface area contributed by atoms with Crippen molar-refractivity contribution in [2.45, 2.75) is 64.0 Å². The van der Waals surface area contributed by atoms with Crippen LogP contribution in [0.25, 0.3) is 10.9 Å². The number of nitrogens with zero attached hydrogens (tertiary/aromatic N) is 1. The lowest BCUT2D eigenvalue weighted by molar-refractivity contribution is -0.149. The topological polar surface area (TPSA) is 56.3 Å². The van der Waals surface area contributed by atoms with E-state index in [1.807, 2.05) is 0 Å². The lowest BCUT2D eigenvalue weighted by Gasteiger charge is -2.45. The standard InChI is InChI=1S/C25H31F3N2O2/c1-15-19-14-30(11-9-24(23(31)32)7-2-3-8-24)10-6-16(19)12-21-22(15)18-13-17(25(26,27)28)4-5-20(18)29-21/h4-5,13,15-16,19,29H,2-3,6-12,14H2,1H3,(H,31,32)/t15-,16?,19?/m1/s1. The number of aromatic amines is 1. The van der Waals surface area contributed by atoms with E-state index < -0.39 is 23.1 Å². The van der Waals surface area contributed by atoms with Gasteiger partial charge in [-0.1, -0.05) is 19.8 Å². The van der Waals surface area contributed by atoms with Gasteiger partial charge < -0.3 is 15.0 Å². The van der Waals surface area contributed by atoms with Crippen LogP contribution in [-0.4, -0.2) is 40.6 Å². The highest BCUT2D eigenvalue weighted by Crippen LogP contribution is 2.47. The quantitative estimate of drug-likeness (QED) is 0.620. The normalized spacial score (nSPS) is 27.9. The molecule has 2 unspecified atom stereocenters. The number of nitrogens with one attached hydrogen (secondary N) is 1. The third kappa shape index (κ3) is 3.62. The minimum atomic E-state index is -4.35. The Labute approximate surface area is 186 Å². The average Bonchev–Trinajstić information content (AvgIpc) is 3.37. The summed E-state index contributed by atoms with van der Waals surface area (Å²) in [5.74, 6) is 0.418. The van der Waals surface area contributed by atoms with Gasteiger partial charge in [0.25, 0.3) is 0 Å². The van der Waals surface area contributed by atoms with E-state index in [2.05, 4.69) is 16.8 Å². The van der Waals surface area contributed by atoms with Crippen LogP contribution in [0.3, 0.4) is 0 Å². The molecule has 3 atom stereocenters. The zero-order chi connectivity index (χ0) is 22.7. The van der Waals surface area contributed by atoms with Crippen LogP contribution in [-0.2, 0) is 17.4 Å². The number of benzene rings is 1. The highest BCUT2D eigenvalue weighted by molar-refractivity contribution is 5.86. The van der Waals surface area contributed by atoms with Crippen LogP contribution in [0.15, 0.2) is 18.2 Å². The van der Waals surface area contributed by atoms with E-state index in [9.17, 15) is 23.1 Å². The Kier molecular flexibility index (Phi) is 5.31. The first kappa shape index (κ1) is 21.8. The lowest BCUT2D eigenvalue weighted by atomic mass is 9.68. The van der Waals surface area contributed by atoms with Crippen molar-refractivity contribution in [2.75, 3.05) is 19.6 Å². The van der Waals surface area contributed by atoms with E-state index in [0.717, 1.165) is 81.0 Å². The summed E-state index contributed by atoms with van der Waals surface area (Å²) in [5, 5.41) is 10.5. The summed E-state index contributed by atoms with van der Waals surface area (Å²) in [7, 11) is 0. The molecule has 1 aliphatic heterocycles. The highest BCUT2D eigenvalue weighted by atomic mass is 19.4. The fraction of sp³-hybridized carbons (Fsp3) is 0.640. The maximum absolute atomic E-state index is 13.3. The Hall–Kier alpha value is -2.02. The molecule has 0 bridgehead atoms. The Morgan fingerprint density at radius 3 is 2.72 bits per heavy atom. The molecule has 1 aromatic carbocycles. The molecule has 0 radical (unpaired) electrons. The molecule has 32 heavy (non-hydrogen) atoms. The molecule has 1 aromatic heterocycles. The number of halogens is 3. The largest absolute Gasteiger partial charge is 0.481 e. The third-order valence-electron chi connectivity index (χ3n) is 8.62. The number of piperidine rings is 1. The molecule has 2 N–H and O–H groups in total. The van der Waals surface area contributed by atoms with E-state index in [1.165, 1.54) is 6.07 Å². The molecule has 1 saturated heterocycles. The molecule has 4 nitrogen and oxygen atoms in total. The molecule has 0 amide bonds. The molecule has 0 spiro atoms. The average molecular weight is 449 g/mol. The summed E-state index contributed by atoms with van der Waals surface area (Å²) >= 11 is 0. The maximum Gasteiger partial charge on any atom is 0.416 e. The molecule has 2 fully saturated rings. The van der Waals surface area contributed by atoms with Gasteiger partial charge in [-0.25, -0.2) is 0 Å². The number of carbonyl (C=O) groups is 1. The van der Waals surface area contributed by atoms with Crippen LogP contribution >= 0.6 is 0 Å². The number of H-pyrrole nitrogens is 1. The van der Waals surface area contributed by atoms with Crippen molar-refractivity contribution in [1.82, 2.24) is 9.88 Å². The van der Waals surface area contributed by atoms with Gasteiger partial charge in [0.05, 0.1) is 11.0 Å². The second kappa shape index (κ2) is 7.79. The number of carboxylic acids is 1. The number of carboxylic acid groups (broad SMARTS) is 1. The predicted molar refractivity (Wildman–Crippen MR) is 117 cm³/mol. The molecule has 2 heterocycles. The third-order valence-corrected chi connectivity index (χ3v) is 8.62. The summed E-state index contributed by atoms with van der Waals surface area (Å²) in [6.07, 6.45) is 1.83. The van der Waals surface area contributed by atoms with Gasteiger partial charge in [0, 0.05) is 23.1 Å². The minimum Gasteiger partial charge on any atom is -0.481 e. The monoisotopic (exact) mass is 448 g/mol. The number of rotatable bonds is 4. The van der Waals surface area contributed by atoms with E-state index in [-0.39, 0.29) is 5.92 Å². The maximum atomic E-state index is 13.3. The van der Waals surface area contributed by atoms with E-state index in [1.54, 1.807) is 6.07 Å². The van der Waals surface area contributed by atoms with Gasteiger partial charge in [-0.15, -0.1) is 0 Å². The van der Waals surface area contributed by atoms with Crippen LogP contribution in [0.2, 0.25) is 0 Å². The molecule has 3 aliphatic rings. The number of hydrogen-bond donors (Lipinski definition) is 2. The van der Waals surface area contributed by atoms with Gasteiger partial charge in [-0.05, 0) is 86.7 Å². The van der Waals surface area contributed by atoms with E-state index in [0.29, 0.717) is 23.6 Å². The molecule has 7 heteroatoms. The van der Waals surface area contributed by atoms with Gasteiger partial charge in [-0.2, -0.15) is 13.2 Å². The van der Waals surface area contributed by atoms with Crippen molar-refractivity contribution in [3.8, 4) is 0 Å². The summed E-state index contributed by atoms with van der Waals surface area (Å²) < 4.78 is 39.9. The van der Waals surface area contributed by atoms with E-state index >= 15 is 0 Å². The Bertz CT molecular complexity index is 1020. The Morgan fingerprint density at radius 2 is 2.03 bits per heavy atom. The Balaban J connectivity index is 1.36. The summed E-state index contributed by atoms with van der Waals surface area (Å²) in [4.78, 5) is 17.7.